The number of benzene rings is 1. The molecule has 1 aliphatic heterocycles. The number of sulfonamides is 1. The SMILES string of the molecule is Cc1cccc(CS(=O)(=O)NCC2CCCN(C)C2)c1. The summed E-state index contributed by atoms with van der Waals surface area (Å²) in [4.78, 5) is 2.27. The van der Waals surface area contributed by atoms with Crippen LogP contribution in [-0.4, -0.2) is 40.0 Å². The maximum atomic E-state index is 12.1. The van der Waals surface area contributed by atoms with Crippen LogP contribution in [0.3, 0.4) is 0 Å². The van der Waals surface area contributed by atoms with Crippen molar-refractivity contribution >= 4 is 10.0 Å². The Morgan fingerprint density at radius 3 is 2.90 bits per heavy atom. The maximum Gasteiger partial charge on any atom is 0.215 e. The first-order valence-electron chi connectivity index (χ1n) is 7.16. The van der Waals surface area contributed by atoms with Crippen LogP contribution in [0.4, 0.5) is 0 Å². The van der Waals surface area contributed by atoms with Crippen molar-refractivity contribution < 1.29 is 8.42 Å². The van der Waals surface area contributed by atoms with E-state index in [1.54, 1.807) is 0 Å². The van der Waals surface area contributed by atoms with Crippen molar-refractivity contribution in [1.29, 1.82) is 0 Å². The molecule has 0 aromatic heterocycles. The van der Waals surface area contributed by atoms with Gasteiger partial charge in [-0.1, -0.05) is 29.8 Å². The number of hydrogen-bond acceptors (Lipinski definition) is 3. The largest absolute Gasteiger partial charge is 0.306 e. The number of nitrogens with zero attached hydrogens (tertiary/aromatic N) is 1. The van der Waals surface area contributed by atoms with Crippen molar-refractivity contribution in [2.45, 2.75) is 25.5 Å². The molecule has 0 amide bonds. The minimum Gasteiger partial charge on any atom is -0.306 e. The fraction of sp³-hybridized carbons (Fsp3) is 0.600. The monoisotopic (exact) mass is 296 g/mol. The van der Waals surface area contributed by atoms with Gasteiger partial charge in [0.1, 0.15) is 0 Å². The van der Waals surface area contributed by atoms with Crippen LogP contribution in [0.2, 0.25) is 0 Å². The highest BCUT2D eigenvalue weighted by Gasteiger charge is 2.19. The van der Waals surface area contributed by atoms with Crippen LogP contribution in [0.15, 0.2) is 24.3 Å². The lowest BCUT2D eigenvalue weighted by atomic mass is 9.99. The molecule has 1 N–H and O–H groups in total. The lowest BCUT2D eigenvalue weighted by Gasteiger charge is -2.29. The molecule has 1 atom stereocenters. The second-order valence-corrected chi connectivity index (χ2v) is 7.67. The van der Waals surface area contributed by atoms with Gasteiger partial charge in [-0.3, -0.25) is 0 Å². The highest BCUT2D eigenvalue weighted by atomic mass is 32.2. The van der Waals surface area contributed by atoms with Gasteiger partial charge < -0.3 is 4.90 Å². The molecule has 0 saturated carbocycles. The van der Waals surface area contributed by atoms with Gasteiger partial charge in [0.25, 0.3) is 0 Å². The average molecular weight is 296 g/mol. The Bertz CT molecular complexity index is 543. The number of hydrogen-bond donors (Lipinski definition) is 1. The normalized spacial score (nSPS) is 21.0. The minimum atomic E-state index is -3.24. The van der Waals surface area contributed by atoms with Gasteiger partial charge in [-0.2, -0.15) is 0 Å². The number of rotatable bonds is 5. The lowest BCUT2D eigenvalue weighted by Crippen LogP contribution is -2.39. The van der Waals surface area contributed by atoms with E-state index in [1.165, 1.54) is 0 Å². The van der Waals surface area contributed by atoms with Crippen molar-refractivity contribution in [3.05, 3.63) is 35.4 Å². The smallest absolute Gasteiger partial charge is 0.215 e. The van der Waals surface area contributed by atoms with E-state index in [2.05, 4.69) is 16.7 Å². The number of aryl methyl sites for hydroxylation is 1. The molecule has 1 aromatic rings. The summed E-state index contributed by atoms with van der Waals surface area (Å²) < 4.78 is 27.0. The second-order valence-electron chi connectivity index (χ2n) is 5.87. The quantitative estimate of drug-likeness (QED) is 0.900. The molecular weight excluding hydrogens is 272 g/mol. The molecule has 1 aliphatic rings. The summed E-state index contributed by atoms with van der Waals surface area (Å²) in [5.74, 6) is 0.498. The first kappa shape index (κ1) is 15.5. The molecular formula is C15H24N2O2S. The van der Waals surface area contributed by atoms with Crippen LogP contribution in [-0.2, 0) is 15.8 Å². The van der Waals surface area contributed by atoms with Crippen LogP contribution in [0.1, 0.15) is 24.0 Å². The predicted octanol–water partition coefficient (Wildman–Crippen LogP) is 1.76. The van der Waals surface area contributed by atoms with E-state index >= 15 is 0 Å². The van der Waals surface area contributed by atoms with Crippen LogP contribution in [0.25, 0.3) is 0 Å². The van der Waals surface area contributed by atoms with Crippen molar-refractivity contribution in [2.24, 2.45) is 5.92 Å². The molecule has 0 radical (unpaired) electrons. The summed E-state index contributed by atoms with van der Waals surface area (Å²) in [5, 5.41) is 0. The molecule has 0 aliphatic carbocycles. The Morgan fingerprint density at radius 2 is 2.20 bits per heavy atom. The van der Waals surface area contributed by atoms with Crippen molar-refractivity contribution in [3.8, 4) is 0 Å². The third-order valence-corrected chi connectivity index (χ3v) is 5.07. The van der Waals surface area contributed by atoms with Gasteiger partial charge >= 0.3 is 0 Å². The Labute approximate surface area is 122 Å². The van der Waals surface area contributed by atoms with E-state index in [0.717, 1.165) is 37.1 Å². The Kier molecular flexibility index (Phi) is 5.18. The van der Waals surface area contributed by atoms with Crippen molar-refractivity contribution in [2.75, 3.05) is 26.7 Å². The predicted molar refractivity (Wildman–Crippen MR) is 82.0 cm³/mol. The molecule has 2 rings (SSSR count). The average Bonchev–Trinajstić information content (AvgIpc) is 2.36. The first-order chi connectivity index (χ1) is 9.44. The van der Waals surface area contributed by atoms with Crippen LogP contribution in [0, 0.1) is 12.8 Å². The fourth-order valence-electron chi connectivity index (χ4n) is 2.76. The third kappa shape index (κ3) is 4.89. The molecule has 0 bridgehead atoms. The summed E-state index contributed by atoms with van der Waals surface area (Å²) in [6.07, 6.45) is 2.26. The number of likely N-dealkylation sites (tertiary alicyclic amines) is 1. The Morgan fingerprint density at radius 1 is 1.40 bits per heavy atom. The number of piperidine rings is 1. The van der Waals surface area contributed by atoms with E-state index in [0.29, 0.717) is 12.5 Å². The zero-order valence-electron chi connectivity index (χ0n) is 12.3. The van der Waals surface area contributed by atoms with Gasteiger partial charge in [-0.25, -0.2) is 13.1 Å². The molecule has 0 spiro atoms. The zero-order chi connectivity index (χ0) is 14.6. The molecule has 112 valence electrons. The van der Waals surface area contributed by atoms with E-state index in [9.17, 15) is 8.42 Å². The maximum absolute atomic E-state index is 12.1. The molecule has 1 unspecified atom stereocenters. The second kappa shape index (κ2) is 6.70. The fourth-order valence-corrected chi connectivity index (χ4v) is 3.97. The van der Waals surface area contributed by atoms with Crippen molar-refractivity contribution in [3.63, 3.8) is 0 Å². The number of nitrogens with one attached hydrogen (secondary N) is 1. The molecule has 1 fully saturated rings. The van der Waals surface area contributed by atoms with Crippen LogP contribution >= 0.6 is 0 Å². The van der Waals surface area contributed by atoms with Gasteiger partial charge in [0, 0.05) is 13.1 Å². The third-order valence-electron chi connectivity index (χ3n) is 3.75. The van der Waals surface area contributed by atoms with Crippen LogP contribution in [0.5, 0.6) is 0 Å². The van der Waals surface area contributed by atoms with Gasteiger partial charge in [0.2, 0.25) is 10.0 Å². The minimum absolute atomic E-state index is 0.0667. The van der Waals surface area contributed by atoms with Gasteiger partial charge in [-0.05, 0) is 44.8 Å². The summed E-state index contributed by atoms with van der Waals surface area (Å²) >= 11 is 0. The highest BCUT2D eigenvalue weighted by Crippen LogP contribution is 2.15. The standard InChI is InChI=1S/C15H24N2O2S/c1-13-5-3-6-14(9-13)12-20(18,19)16-10-15-7-4-8-17(2)11-15/h3,5-6,9,15-16H,4,7-8,10-12H2,1-2H3. The summed E-state index contributed by atoms with van der Waals surface area (Å²) in [6.45, 7) is 4.62. The molecule has 1 saturated heterocycles. The molecule has 20 heavy (non-hydrogen) atoms. The Hall–Kier alpha value is -0.910. The van der Waals surface area contributed by atoms with E-state index in [1.807, 2.05) is 31.2 Å². The van der Waals surface area contributed by atoms with E-state index in [-0.39, 0.29) is 5.75 Å². The van der Waals surface area contributed by atoms with Gasteiger partial charge in [-0.15, -0.1) is 0 Å². The topological polar surface area (TPSA) is 49.4 Å². The summed E-state index contributed by atoms with van der Waals surface area (Å²) in [5.41, 5.74) is 1.94. The van der Waals surface area contributed by atoms with Gasteiger partial charge in [0.15, 0.2) is 0 Å². The molecule has 1 aromatic carbocycles. The molecule has 1 heterocycles. The lowest BCUT2D eigenvalue weighted by molar-refractivity contribution is 0.211. The van der Waals surface area contributed by atoms with E-state index in [4.69, 9.17) is 0 Å². The molecule has 5 heteroatoms. The van der Waals surface area contributed by atoms with E-state index < -0.39 is 10.0 Å². The highest BCUT2D eigenvalue weighted by molar-refractivity contribution is 7.88. The summed E-state index contributed by atoms with van der Waals surface area (Å²) in [7, 11) is -1.15. The van der Waals surface area contributed by atoms with Crippen molar-refractivity contribution in [1.82, 2.24) is 9.62 Å². The van der Waals surface area contributed by atoms with Crippen LogP contribution < -0.4 is 4.72 Å². The first-order valence-corrected chi connectivity index (χ1v) is 8.81. The Balaban J connectivity index is 1.87. The zero-order valence-corrected chi connectivity index (χ0v) is 13.1. The summed E-state index contributed by atoms with van der Waals surface area (Å²) in [6, 6.07) is 7.66. The van der Waals surface area contributed by atoms with Gasteiger partial charge in [0.05, 0.1) is 5.75 Å². The molecule has 4 nitrogen and oxygen atoms in total.